The third-order valence-corrected chi connectivity index (χ3v) is 5.82. The van der Waals surface area contributed by atoms with Gasteiger partial charge < -0.3 is 9.84 Å². The molecular formula is C25H15Br2FN2O4. The van der Waals surface area contributed by atoms with Crippen molar-refractivity contribution < 1.29 is 23.8 Å². The van der Waals surface area contributed by atoms with Gasteiger partial charge in [-0.2, -0.15) is 5.10 Å². The van der Waals surface area contributed by atoms with Crippen molar-refractivity contribution in [2.45, 2.75) is 0 Å². The second-order valence-electron chi connectivity index (χ2n) is 7.12. The molecule has 4 aromatic rings. The summed E-state index contributed by atoms with van der Waals surface area (Å²) in [6, 6.07) is 18.8. The van der Waals surface area contributed by atoms with E-state index in [2.05, 4.69) is 42.4 Å². The third kappa shape index (κ3) is 5.32. The van der Waals surface area contributed by atoms with Gasteiger partial charge in [0.05, 0.1) is 21.8 Å². The molecule has 0 aliphatic heterocycles. The zero-order valence-electron chi connectivity index (χ0n) is 17.3. The van der Waals surface area contributed by atoms with E-state index in [-0.39, 0.29) is 22.6 Å². The van der Waals surface area contributed by atoms with Crippen LogP contribution in [0.25, 0.3) is 10.8 Å². The van der Waals surface area contributed by atoms with Gasteiger partial charge in [-0.3, -0.25) is 4.79 Å². The molecule has 0 aliphatic rings. The van der Waals surface area contributed by atoms with E-state index in [0.29, 0.717) is 14.5 Å². The van der Waals surface area contributed by atoms with Gasteiger partial charge in [0.1, 0.15) is 11.6 Å². The van der Waals surface area contributed by atoms with Crippen molar-refractivity contribution in [1.82, 2.24) is 5.43 Å². The summed E-state index contributed by atoms with van der Waals surface area (Å²) in [5.41, 5.74) is 2.82. The highest BCUT2D eigenvalue weighted by Crippen LogP contribution is 2.33. The van der Waals surface area contributed by atoms with Crippen LogP contribution in [-0.2, 0) is 0 Å². The lowest BCUT2D eigenvalue weighted by Gasteiger charge is -2.11. The Kier molecular flexibility index (Phi) is 7.04. The molecule has 0 unspecified atom stereocenters. The summed E-state index contributed by atoms with van der Waals surface area (Å²) in [5.74, 6) is -2.00. The van der Waals surface area contributed by atoms with Gasteiger partial charge in [0, 0.05) is 10.0 Å². The fourth-order valence-corrected chi connectivity index (χ4v) is 4.52. The first-order valence-electron chi connectivity index (χ1n) is 9.84. The van der Waals surface area contributed by atoms with Crippen LogP contribution in [0, 0.1) is 5.82 Å². The van der Waals surface area contributed by atoms with Crippen molar-refractivity contribution in [3.63, 3.8) is 0 Å². The molecule has 170 valence electrons. The molecule has 1 amide bonds. The fourth-order valence-electron chi connectivity index (χ4n) is 3.18. The van der Waals surface area contributed by atoms with E-state index < -0.39 is 17.7 Å². The van der Waals surface area contributed by atoms with Gasteiger partial charge in [-0.05, 0) is 69.2 Å². The number of phenols is 1. The minimum absolute atomic E-state index is 0.0396. The van der Waals surface area contributed by atoms with Crippen molar-refractivity contribution in [3.05, 3.63) is 104 Å². The third-order valence-electron chi connectivity index (χ3n) is 4.77. The van der Waals surface area contributed by atoms with E-state index in [1.165, 1.54) is 30.5 Å². The van der Waals surface area contributed by atoms with Gasteiger partial charge in [0.25, 0.3) is 5.91 Å². The highest BCUT2D eigenvalue weighted by atomic mass is 79.9. The van der Waals surface area contributed by atoms with E-state index in [4.69, 9.17) is 4.74 Å². The van der Waals surface area contributed by atoms with Crippen molar-refractivity contribution in [3.8, 4) is 11.5 Å². The summed E-state index contributed by atoms with van der Waals surface area (Å²) in [4.78, 5) is 25.1. The Morgan fingerprint density at radius 2 is 1.71 bits per heavy atom. The quantitative estimate of drug-likeness (QED) is 0.126. The number of phenolic OH excluding ortho intramolecular Hbond substituents is 1. The number of esters is 1. The van der Waals surface area contributed by atoms with Crippen molar-refractivity contribution >= 4 is 60.7 Å². The monoisotopic (exact) mass is 584 g/mol. The Bertz CT molecular complexity index is 1460. The molecule has 0 saturated carbocycles. The van der Waals surface area contributed by atoms with Gasteiger partial charge in [0.2, 0.25) is 0 Å². The number of benzene rings is 4. The Balaban J connectivity index is 1.56. The summed E-state index contributed by atoms with van der Waals surface area (Å²) in [7, 11) is 0. The number of amides is 1. The van der Waals surface area contributed by atoms with Crippen molar-refractivity contribution in [2.24, 2.45) is 5.10 Å². The lowest BCUT2D eigenvalue weighted by Crippen LogP contribution is -2.18. The zero-order chi connectivity index (χ0) is 24.2. The van der Waals surface area contributed by atoms with Crippen molar-refractivity contribution in [1.29, 1.82) is 0 Å². The van der Waals surface area contributed by atoms with E-state index >= 15 is 0 Å². The number of fused-ring (bicyclic) bond motifs is 1. The summed E-state index contributed by atoms with van der Waals surface area (Å²) in [6.45, 7) is 0. The molecule has 6 nitrogen and oxygen atoms in total. The highest BCUT2D eigenvalue weighted by molar-refractivity contribution is 9.11. The largest absolute Gasteiger partial charge is 0.507 e. The normalized spacial score (nSPS) is 11.0. The van der Waals surface area contributed by atoms with E-state index in [0.717, 1.165) is 16.8 Å². The minimum Gasteiger partial charge on any atom is -0.507 e. The van der Waals surface area contributed by atoms with Gasteiger partial charge in [-0.1, -0.05) is 46.3 Å². The number of ether oxygens (including phenoxy) is 1. The maximum absolute atomic E-state index is 13.5. The smallest absolute Gasteiger partial charge is 0.343 e. The molecular weight excluding hydrogens is 571 g/mol. The Morgan fingerprint density at radius 3 is 2.44 bits per heavy atom. The van der Waals surface area contributed by atoms with Crippen LogP contribution in [0.2, 0.25) is 0 Å². The maximum Gasteiger partial charge on any atom is 0.343 e. The molecule has 0 saturated heterocycles. The van der Waals surface area contributed by atoms with Gasteiger partial charge in [0.15, 0.2) is 5.75 Å². The molecule has 0 bridgehead atoms. The van der Waals surface area contributed by atoms with Crippen LogP contribution in [0.4, 0.5) is 4.39 Å². The summed E-state index contributed by atoms with van der Waals surface area (Å²) in [5, 5.41) is 15.8. The van der Waals surface area contributed by atoms with Gasteiger partial charge >= 0.3 is 5.97 Å². The number of carbonyl (C=O) groups is 2. The van der Waals surface area contributed by atoms with Crippen LogP contribution in [0.3, 0.4) is 0 Å². The average molecular weight is 586 g/mol. The van der Waals surface area contributed by atoms with E-state index in [1.54, 1.807) is 18.2 Å². The Labute approximate surface area is 210 Å². The van der Waals surface area contributed by atoms with Crippen LogP contribution in [0.5, 0.6) is 11.5 Å². The molecule has 4 rings (SSSR count). The first-order valence-corrected chi connectivity index (χ1v) is 11.4. The lowest BCUT2D eigenvalue weighted by atomic mass is 10.1. The molecule has 0 fully saturated rings. The predicted octanol–water partition coefficient (Wildman–Crippen LogP) is 6.19. The Morgan fingerprint density at radius 1 is 0.971 bits per heavy atom. The molecule has 0 heterocycles. The summed E-state index contributed by atoms with van der Waals surface area (Å²) in [6.07, 6.45) is 1.29. The highest BCUT2D eigenvalue weighted by Gasteiger charge is 2.16. The van der Waals surface area contributed by atoms with Gasteiger partial charge in [-0.25, -0.2) is 14.6 Å². The molecule has 4 aromatic carbocycles. The number of nitrogens with one attached hydrogen (secondary N) is 1. The van der Waals surface area contributed by atoms with Crippen molar-refractivity contribution in [2.75, 3.05) is 0 Å². The fraction of sp³-hybridized carbons (Fsp3) is 0. The number of halogens is 3. The standard InChI is InChI=1S/C25H15Br2FN2O4/c26-18-8-17(23(21(27)12-18)34-25(33)16-6-3-7-19(28)9-16)13-29-30-24(32)20-10-14-4-1-2-5-15(14)11-22(20)31/h1-13,31H,(H,30,32)/b29-13-. The second kappa shape index (κ2) is 10.1. The molecule has 0 radical (unpaired) electrons. The second-order valence-corrected chi connectivity index (χ2v) is 8.89. The Hall–Kier alpha value is -3.56. The SMILES string of the molecule is O=C(Oc1c(Br)cc(Br)cc1/C=N\NC(=O)c1cc2ccccc2cc1O)c1cccc(F)c1. The molecule has 0 aliphatic carbocycles. The van der Waals surface area contributed by atoms with Crippen LogP contribution in [-0.4, -0.2) is 23.2 Å². The number of hydrogen-bond donors (Lipinski definition) is 2. The topological polar surface area (TPSA) is 88.0 Å². The minimum atomic E-state index is -0.762. The van der Waals surface area contributed by atoms with Gasteiger partial charge in [-0.15, -0.1) is 0 Å². The number of hydrazone groups is 1. The van der Waals surface area contributed by atoms with Crippen LogP contribution >= 0.6 is 31.9 Å². The van der Waals surface area contributed by atoms with E-state index in [1.807, 2.05) is 24.3 Å². The van der Waals surface area contributed by atoms with E-state index in [9.17, 15) is 19.1 Å². The number of rotatable bonds is 5. The molecule has 9 heteroatoms. The first kappa shape index (κ1) is 23.6. The number of nitrogens with zero attached hydrogens (tertiary/aromatic N) is 1. The molecule has 2 N–H and O–H groups in total. The average Bonchev–Trinajstić information content (AvgIpc) is 2.80. The summed E-state index contributed by atoms with van der Waals surface area (Å²) >= 11 is 6.70. The molecule has 34 heavy (non-hydrogen) atoms. The molecule has 0 spiro atoms. The first-order chi connectivity index (χ1) is 16.3. The zero-order valence-corrected chi connectivity index (χ0v) is 20.4. The number of hydrogen-bond acceptors (Lipinski definition) is 5. The lowest BCUT2D eigenvalue weighted by molar-refractivity contribution is 0.0732. The van der Waals surface area contributed by atoms with Crippen LogP contribution in [0.1, 0.15) is 26.3 Å². The van der Waals surface area contributed by atoms with Crippen LogP contribution in [0.15, 0.2) is 86.8 Å². The maximum atomic E-state index is 13.5. The van der Waals surface area contributed by atoms with Crippen LogP contribution < -0.4 is 10.2 Å². The summed E-state index contributed by atoms with van der Waals surface area (Å²) < 4.78 is 20.0. The predicted molar refractivity (Wildman–Crippen MR) is 134 cm³/mol. The number of carbonyl (C=O) groups excluding carboxylic acids is 2. The molecule has 0 aromatic heterocycles. The number of aromatic hydroxyl groups is 1. The molecule has 0 atom stereocenters.